The Morgan fingerprint density at radius 1 is 1.07 bits per heavy atom. The van der Waals surface area contributed by atoms with Gasteiger partial charge in [-0.25, -0.2) is 18.5 Å². The van der Waals surface area contributed by atoms with E-state index < -0.39 is 23.6 Å². The van der Waals surface area contributed by atoms with E-state index in [4.69, 9.17) is 10.1 Å². The topological polar surface area (TPSA) is 137 Å². The van der Waals surface area contributed by atoms with Crippen LogP contribution in [0.2, 0.25) is 0 Å². The van der Waals surface area contributed by atoms with Crippen molar-refractivity contribution in [1.29, 1.82) is 5.41 Å². The van der Waals surface area contributed by atoms with Crippen LogP contribution in [0.4, 0.5) is 25.0 Å². The van der Waals surface area contributed by atoms with Gasteiger partial charge in [0, 0.05) is 53.9 Å². The second-order valence-electron chi connectivity index (χ2n) is 8.67. The number of nitrogens with one attached hydrogen (secondary N) is 4. The first kappa shape index (κ1) is 29.1. The highest BCUT2D eigenvalue weighted by atomic mass is 19.1. The number of urea groups is 1. The van der Waals surface area contributed by atoms with Gasteiger partial charge in [0.25, 0.3) is 5.91 Å². The Morgan fingerprint density at radius 3 is 2.48 bits per heavy atom. The van der Waals surface area contributed by atoms with Gasteiger partial charge in [0.15, 0.2) is 17.3 Å². The summed E-state index contributed by atoms with van der Waals surface area (Å²) in [7, 11) is 0. The summed E-state index contributed by atoms with van der Waals surface area (Å²) in [5.74, 6) is -1.80. The van der Waals surface area contributed by atoms with Crippen molar-refractivity contribution in [3.8, 4) is 5.75 Å². The van der Waals surface area contributed by atoms with E-state index in [-0.39, 0.29) is 34.9 Å². The number of carbonyl (C=O) groups excluding carboxylic acids is 3. The summed E-state index contributed by atoms with van der Waals surface area (Å²) in [4.78, 5) is 41.0. The molecule has 0 bridgehead atoms. The van der Waals surface area contributed by atoms with Crippen LogP contribution < -0.4 is 25.6 Å². The van der Waals surface area contributed by atoms with Gasteiger partial charge in [0.1, 0.15) is 5.82 Å². The number of allylic oxidation sites excluding steroid dienone is 3. The first-order valence-corrected chi connectivity index (χ1v) is 12.3. The van der Waals surface area contributed by atoms with Crippen LogP contribution in [-0.4, -0.2) is 29.5 Å². The van der Waals surface area contributed by atoms with E-state index in [1.165, 1.54) is 37.3 Å². The third-order valence-corrected chi connectivity index (χ3v) is 5.81. The lowest BCUT2D eigenvalue weighted by molar-refractivity contribution is -0.112. The molecule has 1 aromatic heterocycles. The number of nitrogens with zero attached hydrogens (tertiary/aromatic N) is 2. The van der Waals surface area contributed by atoms with Crippen LogP contribution in [-0.2, 0) is 9.59 Å². The van der Waals surface area contributed by atoms with Gasteiger partial charge in [-0.3, -0.25) is 14.6 Å². The number of aromatic nitrogens is 1. The van der Waals surface area contributed by atoms with Crippen LogP contribution in [0.15, 0.2) is 109 Å². The molecule has 2 aromatic carbocycles. The second kappa shape index (κ2) is 13.4. The van der Waals surface area contributed by atoms with Crippen LogP contribution >= 0.6 is 0 Å². The number of amides is 4. The maximum absolute atomic E-state index is 15.0. The molecule has 4 N–H and O–H groups in total. The van der Waals surface area contributed by atoms with Gasteiger partial charge < -0.3 is 26.1 Å². The smallest absolute Gasteiger partial charge is 0.332 e. The van der Waals surface area contributed by atoms with Crippen LogP contribution in [0.1, 0.15) is 12.5 Å². The fourth-order valence-electron chi connectivity index (χ4n) is 3.64. The van der Waals surface area contributed by atoms with Gasteiger partial charge in [-0.15, -0.1) is 0 Å². The molecule has 0 saturated heterocycles. The number of anilines is 2. The van der Waals surface area contributed by atoms with Gasteiger partial charge in [-0.2, -0.15) is 0 Å². The van der Waals surface area contributed by atoms with E-state index in [9.17, 15) is 18.8 Å². The number of hydrogen-bond donors (Lipinski definition) is 4. The molecular weight excluding hydrogens is 546 g/mol. The van der Waals surface area contributed by atoms with Crippen molar-refractivity contribution in [2.45, 2.75) is 6.92 Å². The van der Waals surface area contributed by atoms with E-state index in [2.05, 4.69) is 20.9 Å². The number of halogens is 2. The zero-order valence-corrected chi connectivity index (χ0v) is 22.1. The summed E-state index contributed by atoms with van der Waals surface area (Å²) in [6.45, 7) is 1.40. The number of rotatable bonds is 9. The number of ether oxygens (including phenoxy) is 1. The van der Waals surface area contributed by atoms with Gasteiger partial charge in [-0.1, -0.05) is 0 Å². The van der Waals surface area contributed by atoms with Gasteiger partial charge >= 0.3 is 6.03 Å². The lowest BCUT2D eigenvalue weighted by Crippen LogP contribution is -2.37. The van der Waals surface area contributed by atoms with Crippen LogP contribution in [0.5, 0.6) is 5.75 Å². The minimum absolute atomic E-state index is 0.0457. The Hall–Kier alpha value is -5.91. The van der Waals surface area contributed by atoms with Crippen molar-refractivity contribution in [2.24, 2.45) is 0 Å². The van der Waals surface area contributed by atoms with E-state index in [1.807, 2.05) is 0 Å². The molecule has 0 radical (unpaired) electrons. The molecule has 0 saturated carbocycles. The van der Waals surface area contributed by atoms with Crippen molar-refractivity contribution in [3.05, 3.63) is 126 Å². The first-order chi connectivity index (χ1) is 20.3. The maximum atomic E-state index is 15.0. The molecule has 4 rings (SSSR count). The lowest BCUT2D eigenvalue weighted by Gasteiger charge is -2.19. The summed E-state index contributed by atoms with van der Waals surface area (Å²) in [6, 6.07) is 11.2. The van der Waals surface area contributed by atoms with Crippen LogP contribution in [0.25, 0.3) is 5.57 Å². The van der Waals surface area contributed by atoms with Gasteiger partial charge in [0.2, 0.25) is 6.41 Å². The van der Waals surface area contributed by atoms with Gasteiger partial charge in [-0.05, 0) is 73.2 Å². The zero-order valence-electron chi connectivity index (χ0n) is 22.1. The molecule has 0 atom stereocenters. The summed E-state index contributed by atoms with van der Waals surface area (Å²) < 4.78 is 34.0. The molecule has 4 amide bonds. The van der Waals surface area contributed by atoms with Gasteiger partial charge in [0.05, 0.1) is 11.4 Å². The normalized spacial score (nSPS) is 13.7. The Balaban J connectivity index is 1.42. The molecule has 0 spiro atoms. The molecule has 0 unspecified atom stereocenters. The molecule has 12 heteroatoms. The van der Waals surface area contributed by atoms with E-state index >= 15 is 4.39 Å². The summed E-state index contributed by atoms with van der Waals surface area (Å²) in [6.07, 6.45) is 10.6. The SMILES string of the molecule is C/C(=C\NC(=O)N(C=O)c1ccc(F)cc1)C(=O)Nc1ccc(OC2=CC(c3ccncc3)=CN/C2=C\C=N)c(F)c1. The number of pyridine rings is 1. The number of benzene rings is 2. The second-order valence-corrected chi connectivity index (χ2v) is 8.67. The number of carbonyl (C=O) groups is 3. The Kier molecular flexibility index (Phi) is 9.30. The predicted octanol–water partition coefficient (Wildman–Crippen LogP) is 5.02. The fourth-order valence-corrected chi connectivity index (χ4v) is 3.64. The largest absolute Gasteiger partial charge is 0.452 e. The van der Waals surface area contributed by atoms with Crippen LogP contribution in [0, 0.1) is 17.0 Å². The molecule has 3 aromatic rings. The van der Waals surface area contributed by atoms with Crippen LogP contribution in [0.3, 0.4) is 0 Å². The molecule has 212 valence electrons. The fraction of sp³-hybridized carbons (Fsp3) is 0.0333. The highest BCUT2D eigenvalue weighted by Crippen LogP contribution is 2.29. The predicted molar refractivity (Wildman–Crippen MR) is 153 cm³/mol. The van der Waals surface area contributed by atoms with E-state index in [0.717, 1.165) is 41.8 Å². The summed E-state index contributed by atoms with van der Waals surface area (Å²) in [5.41, 5.74) is 2.33. The first-order valence-electron chi connectivity index (χ1n) is 12.3. The summed E-state index contributed by atoms with van der Waals surface area (Å²) in [5, 5.41) is 15.3. The van der Waals surface area contributed by atoms with Crippen molar-refractivity contribution in [1.82, 2.24) is 15.6 Å². The Morgan fingerprint density at radius 2 is 1.81 bits per heavy atom. The minimum Gasteiger partial charge on any atom is -0.452 e. The quantitative estimate of drug-likeness (QED) is 0.162. The molecule has 1 aliphatic heterocycles. The molecular formula is C30H24F2N6O4. The zero-order chi connectivity index (χ0) is 30.1. The van der Waals surface area contributed by atoms with E-state index in [0.29, 0.717) is 10.6 Å². The third-order valence-electron chi connectivity index (χ3n) is 5.81. The molecule has 1 aliphatic rings. The van der Waals surface area contributed by atoms with Crippen molar-refractivity contribution in [3.63, 3.8) is 0 Å². The average Bonchev–Trinajstić information content (AvgIpc) is 3.00. The number of dihydropyridines is 1. The van der Waals surface area contributed by atoms with E-state index in [1.54, 1.807) is 36.8 Å². The molecule has 10 nitrogen and oxygen atoms in total. The molecule has 2 heterocycles. The highest BCUT2D eigenvalue weighted by Gasteiger charge is 2.18. The number of hydrogen-bond acceptors (Lipinski definition) is 7. The van der Waals surface area contributed by atoms with Crippen molar-refractivity contribution in [2.75, 3.05) is 10.2 Å². The minimum atomic E-state index is -0.874. The Labute approximate surface area is 239 Å². The lowest BCUT2D eigenvalue weighted by atomic mass is 10.0. The highest BCUT2D eigenvalue weighted by molar-refractivity contribution is 6.07. The maximum Gasteiger partial charge on any atom is 0.332 e. The molecule has 42 heavy (non-hydrogen) atoms. The number of imide groups is 1. The molecule has 0 aliphatic carbocycles. The summed E-state index contributed by atoms with van der Waals surface area (Å²) >= 11 is 0. The average molecular weight is 571 g/mol. The van der Waals surface area contributed by atoms with Crippen molar-refractivity contribution < 1.29 is 27.9 Å². The standard InChI is InChI=1S/C30H24F2N6O4/c1-19(16-36-30(41)38(18-39)24-5-2-22(31)3-6-24)29(40)37-23-4-7-27(25(32)15-23)42-28-14-21(17-35-26(28)8-11-33)20-9-12-34-13-10-20/h2-18,33,35H,1H3,(H,36,41)(H,37,40)/b19-16+,26-8-,33-11?. The third kappa shape index (κ3) is 7.18. The Bertz CT molecular complexity index is 1630. The van der Waals surface area contributed by atoms with Crippen molar-refractivity contribution >= 4 is 41.5 Å². The molecule has 0 fully saturated rings. The monoisotopic (exact) mass is 570 g/mol.